The van der Waals surface area contributed by atoms with Crippen LogP contribution in [0.3, 0.4) is 0 Å². The van der Waals surface area contributed by atoms with Crippen molar-refractivity contribution < 1.29 is 46.3 Å². The Bertz CT molecular complexity index is 15.6. The van der Waals surface area contributed by atoms with Crippen molar-refractivity contribution in [1.82, 2.24) is 0 Å². The van der Waals surface area contributed by atoms with E-state index >= 15 is 0 Å². The Hall–Kier alpha value is 1.30. The Balaban J connectivity index is -0.0000000125. The summed E-state index contributed by atoms with van der Waals surface area (Å²) >= 11 is 0. The van der Waals surface area contributed by atoms with E-state index in [1.54, 1.807) is 13.8 Å². The minimum Gasteiger partial charge on any atom is -0.396 e. The average molecular weight is 231 g/mol. The summed E-state index contributed by atoms with van der Waals surface area (Å²) in [6.45, 7) is 12.2. The molecule has 0 radical (unpaired) electrons. The molecule has 0 amide bonds. The third kappa shape index (κ3) is 121. The van der Waals surface area contributed by atoms with Crippen LogP contribution in [0.1, 0.15) is 27.2 Å². The van der Waals surface area contributed by atoms with Gasteiger partial charge in [-0.25, -0.2) is 0 Å². The third-order valence-corrected chi connectivity index (χ3v) is 0.224. The van der Waals surface area contributed by atoms with Crippen molar-refractivity contribution >= 4 is 0 Å². The van der Waals surface area contributed by atoms with Crippen LogP contribution in [0.15, 0.2) is 0 Å². The van der Waals surface area contributed by atoms with Gasteiger partial charge in [0.05, 0.1) is 0 Å². The molecule has 0 atom stereocenters. The second kappa shape index (κ2) is 81.9. The normalized spacial score (nSPS) is 4.20. The predicted molar refractivity (Wildman–Crippen MR) is 39.4 cm³/mol. The maximum atomic E-state index is 7.88. The summed E-state index contributed by atoms with van der Waals surface area (Å²) in [4.78, 5) is 0. The van der Waals surface area contributed by atoms with Crippen LogP contribution in [-0.2, 0) is 41.2 Å². The number of aliphatic hydroxyl groups is 1. The first kappa shape index (κ1) is 30.2. The van der Waals surface area contributed by atoms with Gasteiger partial charge < -0.3 is 19.0 Å². The number of aliphatic hydroxyl groups excluding tert-OH is 1. The molecule has 0 heterocycles. The van der Waals surface area contributed by atoms with Gasteiger partial charge in [-0.1, -0.05) is 6.92 Å². The summed E-state index contributed by atoms with van der Waals surface area (Å²) in [5.41, 5.74) is 0. The molecule has 0 rings (SSSR count). The van der Waals surface area contributed by atoms with Gasteiger partial charge in [0.1, 0.15) is 0 Å². The molecule has 0 aromatic carbocycles. The molecule has 58 valence electrons. The van der Waals surface area contributed by atoms with Crippen molar-refractivity contribution in [2.45, 2.75) is 27.2 Å². The molecule has 0 fully saturated rings. The zero-order valence-electron chi connectivity index (χ0n) is 7.48. The molecule has 0 aliphatic heterocycles. The first-order chi connectivity index (χ1) is 3.91. The molecule has 0 aromatic rings. The summed E-state index contributed by atoms with van der Waals surface area (Å²) < 4.78 is 0. The molecule has 0 unspecified atom stereocenters. The monoisotopic (exact) mass is 230 g/mol. The predicted octanol–water partition coefficient (Wildman–Crippen LogP) is 2.06. The SMILES string of the molecule is CCCO.[CH2-]C.[CH2-]C.[Ti].[Zn+2]. The van der Waals surface area contributed by atoms with E-state index in [2.05, 4.69) is 13.8 Å². The largest absolute Gasteiger partial charge is 2.00 e. The van der Waals surface area contributed by atoms with Gasteiger partial charge in [-0.2, -0.15) is 13.8 Å². The smallest absolute Gasteiger partial charge is 0.396 e. The van der Waals surface area contributed by atoms with Crippen LogP contribution in [0.25, 0.3) is 0 Å². The zero-order valence-corrected chi connectivity index (χ0v) is 12.0. The summed E-state index contributed by atoms with van der Waals surface area (Å²) in [5, 5.41) is 7.88. The second-order valence-electron chi connectivity index (χ2n) is 0.724. The quantitative estimate of drug-likeness (QED) is 0.541. The van der Waals surface area contributed by atoms with Crippen molar-refractivity contribution in [3.8, 4) is 0 Å². The van der Waals surface area contributed by atoms with Gasteiger partial charge in [0.15, 0.2) is 0 Å². The maximum Gasteiger partial charge on any atom is 2.00 e. The van der Waals surface area contributed by atoms with Crippen molar-refractivity contribution in [1.29, 1.82) is 0 Å². The topological polar surface area (TPSA) is 20.2 Å². The zero-order chi connectivity index (χ0) is 7.41. The Morgan fingerprint density at radius 1 is 1.10 bits per heavy atom. The molecule has 10 heavy (non-hydrogen) atoms. The van der Waals surface area contributed by atoms with Crippen molar-refractivity contribution in [3.05, 3.63) is 13.8 Å². The molecule has 0 spiro atoms. The van der Waals surface area contributed by atoms with Gasteiger partial charge in [-0.15, -0.1) is 0 Å². The molecule has 0 aliphatic carbocycles. The van der Waals surface area contributed by atoms with Crippen molar-refractivity contribution in [2.24, 2.45) is 0 Å². The summed E-state index contributed by atoms with van der Waals surface area (Å²) in [5.74, 6) is 0. The van der Waals surface area contributed by atoms with Crippen LogP contribution in [0.2, 0.25) is 0 Å². The average Bonchev–Trinajstić information content (AvgIpc) is 1.96. The molecule has 0 aromatic heterocycles. The van der Waals surface area contributed by atoms with Gasteiger partial charge >= 0.3 is 19.5 Å². The fraction of sp³-hybridized carbons (Fsp3) is 0.714. The van der Waals surface area contributed by atoms with E-state index in [1.165, 1.54) is 0 Å². The summed E-state index contributed by atoms with van der Waals surface area (Å²) in [7, 11) is 0. The minimum atomic E-state index is 0. The minimum absolute atomic E-state index is 0. The molecule has 0 saturated carbocycles. The standard InChI is InChI=1S/C3H8O.2C2H5.Ti.Zn/c1-2-3-4;2*1-2;;/h4H,2-3H2,1H3;2*1H2,2H3;;/q;2*-1;;+2. The van der Waals surface area contributed by atoms with Gasteiger partial charge in [0, 0.05) is 28.3 Å². The molecular weight excluding hydrogens is 213 g/mol. The van der Waals surface area contributed by atoms with Crippen LogP contribution < -0.4 is 0 Å². The van der Waals surface area contributed by atoms with Gasteiger partial charge in [0.25, 0.3) is 0 Å². The molecule has 1 N–H and O–H groups in total. The second-order valence-corrected chi connectivity index (χ2v) is 0.724. The van der Waals surface area contributed by atoms with Crippen LogP contribution in [0, 0.1) is 13.8 Å². The fourth-order valence-electron chi connectivity index (χ4n) is 0. The van der Waals surface area contributed by atoms with Crippen LogP contribution in [0.4, 0.5) is 0 Å². The molecule has 0 aliphatic rings. The van der Waals surface area contributed by atoms with Gasteiger partial charge in [-0.3, -0.25) is 0 Å². The van der Waals surface area contributed by atoms with E-state index in [9.17, 15) is 0 Å². The number of hydrogen-bond acceptors (Lipinski definition) is 1. The molecule has 1 nitrogen and oxygen atoms in total. The molecule has 0 saturated heterocycles. The first-order valence-electron chi connectivity index (χ1n) is 2.94. The van der Waals surface area contributed by atoms with Crippen molar-refractivity contribution in [2.75, 3.05) is 6.61 Å². The van der Waals surface area contributed by atoms with E-state index in [4.69, 9.17) is 5.11 Å². The van der Waals surface area contributed by atoms with E-state index in [0.29, 0.717) is 6.61 Å². The first-order valence-corrected chi connectivity index (χ1v) is 2.94. The number of hydrogen-bond donors (Lipinski definition) is 1. The Labute approximate surface area is 93.6 Å². The summed E-state index contributed by atoms with van der Waals surface area (Å²) in [6.07, 6.45) is 0.875. The van der Waals surface area contributed by atoms with Gasteiger partial charge in [0.2, 0.25) is 0 Å². The molecule has 0 bridgehead atoms. The van der Waals surface area contributed by atoms with Gasteiger partial charge in [-0.05, 0) is 6.42 Å². The van der Waals surface area contributed by atoms with E-state index in [-0.39, 0.29) is 41.2 Å². The maximum absolute atomic E-state index is 7.88. The molecule has 3 heteroatoms. The third-order valence-electron chi connectivity index (χ3n) is 0.224. The van der Waals surface area contributed by atoms with Crippen LogP contribution >= 0.6 is 0 Å². The Kier molecular flexibility index (Phi) is 247. The van der Waals surface area contributed by atoms with Crippen LogP contribution in [0.5, 0.6) is 0 Å². The molecular formula is C7H18OTiZn. The Morgan fingerprint density at radius 2 is 1.20 bits per heavy atom. The fourth-order valence-corrected chi connectivity index (χ4v) is 0. The van der Waals surface area contributed by atoms with E-state index in [0.717, 1.165) is 6.42 Å². The van der Waals surface area contributed by atoms with Crippen molar-refractivity contribution in [3.63, 3.8) is 0 Å². The Morgan fingerprint density at radius 3 is 1.20 bits per heavy atom. The number of rotatable bonds is 1. The summed E-state index contributed by atoms with van der Waals surface area (Å²) in [6, 6.07) is 0. The van der Waals surface area contributed by atoms with E-state index < -0.39 is 0 Å². The van der Waals surface area contributed by atoms with Crippen LogP contribution in [-0.4, -0.2) is 11.7 Å². The van der Waals surface area contributed by atoms with E-state index in [1.807, 2.05) is 6.92 Å².